The first-order valence-corrected chi connectivity index (χ1v) is 11.2. The van der Waals surface area contributed by atoms with Crippen LogP contribution in [-0.2, 0) is 21.4 Å². The Morgan fingerprint density at radius 3 is 2.41 bits per heavy atom. The maximum absolute atomic E-state index is 12.6. The van der Waals surface area contributed by atoms with E-state index in [-0.39, 0.29) is 23.6 Å². The van der Waals surface area contributed by atoms with Gasteiger partial charge in [-0.1, -0.05) is 42.5 Å². The fourth-order valence-corrected chi connectivity index (χ4v) is 4.83. The van der Waals surface area contributed by atoms with E-state index in [0.717, 1.165) is 19.6 Å². The second-order valence-electron chi connectivity index (χ2n) is 7.28. The molecule has 1 fully saturated rings. The van der Waals surface area contributed by atoms with E-state index < -0.39 is 10.0 Å². The third kappa shape index (κ3) is 4.65. The van der Waals surface area contributed by atoms with Gasteiger partial charge in [0, 0.05) is 45.6 Å². The summed E-state index contributed by atoms with van der Waals surface area (Å²) in [5.41, 5.74) is 1.79. The molecule has 29 heavy (non-hydrogen) atoms. The van der Waals surface area contributed by atoms with Gasteiger partial charge < -0.3 is 10.2 Å². The molecule has 1 N–H and O–H groups in total. The summed E-state index contributed by atoms with van der Waals surface area (Å²) in [4.78, 5) is 17.0. The van der Waals surface area contributed by atoms with Gasteiger partial charge in [0.25, 0.3) is 10.0 Å². The van der Waals surface area contributed by atoms with Gasteiger partial charge in [-0.25, -0.2) is 0 Å². The number of carbonyl (C=O) groups is 1. The van der Waals surface area contributed by atoms with Gasteiger partial charge in [-0.2, -0.15) is 8.42 Å². The van der Waals surface area contributed by atoms with E-state index in [4.69, 9.17) is 0 Å². The van der Waals surface area contributed by atoms with Crippen LogP contribution >= 0.6 is 0 Å². The van der Waals surface area contributed by atoms with Gasteiger partial charge in [-0.3, -0.25) is 9.69 Å². The Hall–Kier alpha value is -2.71. The molecule has 2 aliphatic heterocycles. The van der Waals surface area contributed by atoms with Gasteiger partial charge in [0.1, 0.15) is 10.7 Å². The molecule has 1 saturated heterocycles. The minimum absolute atomic E-state index is 0.0325. The lowest BCUT2D eigenvalue weighted by Crippen LogP contribution is -2.48. The fourth-order valence-electron chi connectivity index (χ4n) is 3.66. The van der Waals surface area contributed by atoms with E-state index in [1.807, 2.05) is 23.1 Å². The summed E-state index contributed by atoms with van der Waals surface area (Å²) in [6.07, 6.45) is 0.513. The quantitative estimate of drug-likeness (QED) is 0.815. The smallest absolute Gasteiger partial charge is 0.286 e. The number of nitrogens with zero attached hydrogens (tertiary/aromatic N) is 3. The maximum atomic E-state index is 12.6. The number of hydrogen-bond acceptors (Lipinski definition) is 5. The Morgan fingerprint density at radius 2 is 1.66 bits per heavy atom. The van der Waals surface area contributed by atoms with Gasteiger partial charge in [-0.05, 0) is 17.7 Å². The largest absolute Gasteiger partial charge is 0.342 e. The van der Waals surface area contributed by atoms with E-state index in [1.54, 1.807) is 18.2 Å². The Kier molecular flexibility index (Phi) is 5.64. The number of rotatable bonds is 5. The highest BCUT2D eigenvalue weighted by atomic mass is 32.2. The number of amides is 1. The standard InChI is InChI=1S/C21H24N4O3S/c26-21(25-14-12-24(13-15-25)16-17-6-2-1-3-7-17)11-10-20-22-18-8-4-5-9-19(18)29(27,28)23-20/h1-9H,10-16H2,(H,22,23). The molecule has 2 heterocycles. The first kappa shape index (κ1) is 19.6. The SMILES string of the molecule is O=C(CCC1=NS(=O)(=O)c2ccccc2N1)N1CCN(Cc2ccccc2)CC1. The van der Waals surface area contributed by atoms with Crippen molar-refractivity contribution in [1.29, 1.82) is 0 Å². The van der Waals surface area contributed by atoms with Crippen molar-refractivity contribution < 1.29 is 13.2 Å². The summed E-state index contributed by atoms with van der Waals surface area (Å²) in [7, 11) is -3.71. The molecule has 2 aliphatic rings. The van der Waals surface area contributed by atoms with E-state index in [9.17, 15) is 13.2 Å². The number of piperazine rings is 1. The molecule has 8 heteroatoms. The summed E-state index contributed by atoms with van der Waals surface area (Å²) in [5.74, 6) is 0.352. The molecule has 4 rings (SSSR count). The van der Waals surface area contributed by atoms with Crippen LogP contribution in [0.1, 0.15) is 18.4 Å². The summed E-state index contributed by atoms with van der Waals surface area (Å²) in [6, 6.07) is 17.0. The van der Waals surface area contributed by atoms with Crippen LogP contribution in [0.2, 0.25) is 0 Å². The molecule has 0 radical (unpaired) electrons. The lowest BCUT2D eigenvalue weighted by molar-refractivity contribution is -0.132. The van der Waals surface area contributed by atoms with Crippen LogP contribution in [0.25, 0.3) is 0 Å². The number of benzene rings is 2. The molecular formula is C21H24N4O3S. The van der Waals surface area contributed by atoms with Crippen molar-refractivity contribution in [1.82, 2.24) is 9.80 Å². The highest BCUT2D eigenvalue weighted by molar-refractivity contribution is 7.90. The third-order valence-electron chi connectivity index (χ3n) is 5.22. The normalized spacial score (nSPS) is 18.5. The molecule has 1 amide bonds. The first-order valence-electron chi connectivity index (χ1n) is 9.75. The number of fused-ring (bicyclic) bond motifs is 1. The fraction of sp³-hybridized carbons (Fsp3) is 0.333. The van der Waals surface area contributed by atoms with Crippen molar-refractivity contribution in [3.63, 3.8) is 0 Å². The Balaban J connectivity index is 1.28. The zero-order valence-electron chi connectivity index (χ0n) is 16.1. The predicted octanol–water partition coefficient (Wildman–Crippen LogP) is 2.32. The molecule has 0 aromatic heterocycles. The van der Waals surface area contributed by atoms with Crippen LogP contribution < -0.4 is 5.32 Å². The minimum atomic E-state index is -3.71. The number of amidine groups is 1. The molecule has 152 valence electrons. The lowest BCUT2D eigenvalue weighted by atomic mass is 10.2. The average Bonchev–Trinajstić information content (AvgIpc) is 2.73. The molecule has 0 aliphatic carbocycles. The second kappa shape index (κ2) is 8.34. The van der Waals surface area contributed by atoms with Crippen molar-refractivity contribution in [2.45, 2.75) is 24.3 Å². The Morgan fingerprint density at radius 1 is 0.966 bits per heavy atom. The second-order valence-corrected chi connectivity index (χ2v) is 8.85. The van der Waals surface area contributed by atoms with Crippen molar-refractivity contribution >= 4 is 27.5 Å². The van der Waals surface area contributed by atoms with Gasteiger partial charge in [0.2, 0.25) is 5.91 Å². The monoisotopic (exact) mass is 412 g/mol. The molecule has 0 unspecified atom stereocenters. The van der Waals surface area contributed by atoms with Crippen LogP contribution in [0.15, 0.2) is 63.9 Å². The van der Waals surface area contributed by atoms with Crippen LogP contribution in [0.5, 0.6) is 0 Å². The number of carbonyl (C=O) groups excluding carboxylic acids is 1. The van der Waals surface area contributed by atoms with Gasteiger partial charge in [0.15, 0.2) is 0 Å². The number of nitrogens with one attached hydrogen (secondary N) is 1. The van der Waals surface area contributed by atoms with Gasteiger partial charge in [-0.15, -0.1) is 4.40 Å². The summed E-state index contributed by atoms with van der Waals surface area (Å²) >= 11 is 0. The lowest BCUT2D eigenvalue weighted by Gasteiger charge is -2.35. The molecule has 2 aromatic rings. The van der Waals surface area contributed by atoms with Crippen LogP contribution in [-0.4, -0.2) is 56.1 Å². The number of para-hydroxylation sites is 1. The van der Waals surface area contributed by atoms with Crippen LogP contribution in [0.4, 0.5) is 5.69 Å². The molecule has 2 aromatic carbocycles. The molecule has 7 nitrogen and oxygen atoms in total. The van der Waals surface area contributed by atoms with E-state index in [2.05, 4.69) is 26.7 Å². The zero-order valence-corrected chi connectivity index (χ0v) is 16.9. The van der Waals surface area contributed by atoms with Crippen LogP contribution in [0.3, 0.4) is 0 Å². The number of hydrogen-bond donors (Lipinski definition) is 1. The highest BCUT2D eigenvalue weighted by Gasteiger charge is 2.26. The summed E-state index contributed by atoms with van der Waals surface area (Å²) in [6.45, 7) is 3.93. The number of anilines is 1. The number of sulfonamides is 1. The molecule has 0 spiro atoms. The van der Waals surface area contributed by atoms with Crippen molar-refractivity contribution in [3.8, 4) is 0 Å². The summed E-state index contributed by atoms with van der Waals surface area (Å²) < 4.78 is 28.4. The molecule has 0 bridgehead atoms. The minimum Gasteiger partial charge on any atom is -0.342 e. The van der Waals surface area contributed by atoms with Crippen LogP contribution in [0, 0.1) is 0 Å². The molecule has 0 saturated carbocycles. The Labute approximate surface area is 171 Å². The predicted molar refractivity (Wildman–Crippen MR) is 112 cm³/mol. The average molecular weight is 413 g/mol. The highest BCUT2D eigenvalue weighted by Crippen LogP contribution is 2.27. The van der Waals surface area contributed by atoms with E-state index in [1.165, 1.54) is 11.6 Å². The van der Waals surface area contributed by atoms with Crippen molar-refractivity contribution in [3.05, 3.63) is 60.2 Å². The van der Waals surface area contributed by atoms with E-state index >= 15 is 0 Å². The van der Waals surface area contributed by atoms with Gasteiger partial charge >= 0.3 is 0 Å². The van der Waals surface area contributed by atoms with E-state index in [0.29, 0.717) is 24.6 Å². The zero-order chi connectivity index (χ0) is 20.3. The van der Waals surface area contributed by atoms with Crippen molar-refractivity contribution in [2.75, 3.05) is 31.5 Å². The topological polar surface area (TPSA) is 82.1 Å². The Bertz CT molecular complexity index is 1010. The molecule has 0 atom stereocenters. The molecular weight excluding hydrogens is 388 g/mol. The first-order chi connectivity index (χ1) is 14.0. The summed E-state index contributed by atoms with van der Waals surface area (Å²) in [5, 5.41) is 3.04. The van der Waals surface area contributed by atoms with Gasteiger partial charge in [0.05, 0.1) is 5.69 Å². The van der Waals surface area contributed by atoms with Crippen molar-refractivity contribution in [2.24, 2.45) is 4.40 Å². The third-order valence-corrected chi connectivity index (χ3v) is 6.60. The maximum Gasteiger partial charge on any atom is 0.286 e.